The van der Waals surface area contributed by atoms with Gasteiger partial charge in [0.1, 0.15) is 5.82 Å². The van der Waals surface area contributed by atoms with Crippen LogP contribution in [-0.4, -0.2) is 11.1 Å². The molecule has 2 saturated carbocycles. The highest BCUT2D eigenvalue weighted by molar-refractivity contribution is 5.69. The minimum atomic E-state index is -0.744. The first-order valence-corrected chi connectivity index (χ1v) is 6.58. The van der Waals surface area contributed by atoms with Crippen LogP contribution in [0.2, 0.25) is 0 Å². The number of carboxylic acids is 1. The van der Waals surface area contributed by atoms with E-state index in [0.29, 0.717) is 11.8 Å². The smallest absolute Gasteiger partial charge is 0.304 e. The van der Waals surface area contributed by atoms with Crippen LogP contribution in [0.5, 0.6) is 0 Å². The third-order valence-corrected chi connectivity index (χ3v) is 4.86. The van der Waals surface area contributed by atoms with E-state index in [1.807, 2.05) is 0 Å². The van der Waals surface area contributed by atoms with E-state index in [4.69, 9.17) is 0 Å². The van der Waals surface area contributed by atoms with Crippen LogP contribution in [0.1, 0.15) is 37.7 Å². The van der Waals surface area contributed by atoms with Gasteiger partial charge in [-0.2, -0.15) is 0 Å². The van der Waals surface area contributed by atoms with Crippen LogP contribution in [0, 0.1) is 17.7 Å². The van der Waals surface area contributed by atoms with Crippen LogP contribution in [0.15, 0.2) is 24.3 Å². The number of hydrogen-bond donors (Lipinski definition) is 1. The Morgan fingerprint density at radius 2 is 2.06 bits per heavy atom. The Morgan fingerprint density at radius 3 is 2.56 bits per heavy atom. The van der Waals surface area contributed by atoms with Crippen molar-refractivity contribution >= 4 is 5.97 Å². The predicted octanol–water partition coefficient (Wildman–Crippen LogP) is 3.36. The van der Waals surface area contributed by atoms with Gasteiger partial charge in [0, 0.05) is 5.41 Å². The second kappa shape index (κ2) is 4.08. The fraction of sp³-hybridized carbons (Fsp3) is 0.533. The summed E-state index contributed by atoms with van der Waals surface area (Å²) in [6, 6.07) is 6.45. The fourth-order valence-electron chi connectivity index (χ4n) is 4.17. The molecule has 0 radical (unpaired) electrons. The molecule has 1 N–H and O–H groups in total. The molecule has 18 heavy (non-hydrogen) atoms. The van der Waals surface area contributed by atoms with Crippen molar-refractivity contribution in [1.82, 2.24) is 0 Å². The molecule has 2 aliphatic carbocycles. The van der Waals surface area contributed by atoms with Crippen molar-refractivity contribution in [3.8, 4) is 0 Å². The molecule has 0 heterocycles. The molecule has 0 saturated heterocycles. The average molecular weight is 248 g/mol. The minimum absolute atomic E-state index is 0.180. The summed E-state index contributed by atoms with van der Waals surface area (Å²) < 4.78 is 13.0. The fourth-order valence-corrected chi connectivity index (χ4v) is 4.17. The SMILES string of the molecule is O=C(O)CC1(c2ccc(F)cc2)CC2CCC1C2. The normalized spacial score (nSPS) is 33.8. The van der Waals surface area contributed by atoms with Crippen LogP contribution in [0.25, 0.3) is 0 Å². The van der Waals surface area contributed by atoms with E-state index >= 15 is 0 Å². The summed E-state index contributed by atoms with van der Waals surface area (Å²) in [7, 11) is 0. The first-order chi connectivity index (χ1) is 8.60. The Bertz CT molecular complexity index is 468. The number of fused-ring (bicyclic) bond motifs is 2. The zero-order valence-corrected chi connectivity index (χ0v) is 10.2. The summed E-state index contributed by atoms with van der Waals surface area (Å²) >= 11 is 0. The zero-order chi connectivity index (χ0) is 12.8. The van der Waals surface area contributed by atoms with E-state index in [0.717, 1.165) is 24.8 Å². The molecule has 1 aromatic rings. The van der Waals surface area contributed by atoms with Gasteiger partial charge in [-0.1, -0.05) is 18.6 Å². The topological polar surface area (TPSA) is 37.3 Å². The summed E-state index contributed by atoms with van der Waals surface area (Å²) in [6.07, 6.45) is 4.63. The lowest BCUT2D eigenvalue weighted by Crippen LogP contribution is -2.35. The van der Waals surface area contributed by atoms with Gasteiger partial charge in [0.05, 0.1) is 6.42 Å². The van der Waals surface area contributed by atoms with Crippen LogP contribution >= 0.6 is 0 Å². The average Bonchev–Trinajstić information content (AvgIpc) is 2.89. The third kappa shape index (κ3) is 1.73. The monoisotopic (exact) mass is 248 g/mol. The number of benzene rings is 1. The van der Waals surface area contributed by atoms with Crippen molar-refractivity contribution in [3.05, 3.63) is 35.6 Å². The summed E-state index contributed by atoms with van der Waals surface area (Å²) in [5.41, 5.74) is 0.765. The van der Waals surface area contributed by atoms with Crippen molar-refractivity contribution in [1.29, 1.82) is 0 Å². The van der Waals surface area contributed by atoms with Gasteiger partial charge < -0.3 is 5.11 Å². The predicted molar refractivity (Wildman–Crippen MR) is 65.8 cm³/mol. The van der Waals surface area contributed by atoms with E-state index in [1.54, 1.807) is 12.1 Å². The van der Waals surface area contributed by atoms with Crippen molar-refractivity contribution in [2.24, 2.45) is 11.8 Å². The Morgan fingerprint density at radius 1 is 1.33 bits per heavy atom. The maximum atomic E-state index is 13.0. The van der Waals surface area contributed by atoms with Crippen molar-refractivity contribution in [2.45, 2.75) is 37.5 Å². The van der Waals surface area contributed by atoms with Crippen LogP contribution in [0.3, 0.4) is 0 Å². The van der Waals surface area contributed by atoms with Crippen LogP contribution in [0.4, 0.5) is 4.39 Å². The molecule has 0 aliphatic heterocycles. The molecule has 2 nitrogen and oxygen atoms in total. The molecule has 2 aliphatic rings. The molecule has 3 heteroatoms. The second-order valence-corrected chi connectivity index (χ2v) is 5.81. The highest BCUT2D eigenvalue weighted by atomic mass is 19.1. The molecule has 3 unspecified atom stereocenters. The lowest BCUT2D eigenvalue weighted by molar-refractivity contribution is -0.139. The number of rotatable bonds is 3. The van der Waals surface area contributed by atoms with Gasteiger partial charge in [-0.05, 0) is 48.8 Å². The highest BCUT2D eigenvalue weighted by Crippen LogP contribution is 2.58. The Balaban J connectivity index is 2.00. The number of halogens is 1. The van der Waals surface area contributed by atoms with Crippen molar-refractivity contribution in [2.75, 3.05) is 0 Å². The molecular formula is C15H17FO2. The van der Waals surface area contributed by atoms with E-state index in [9.17, 15) is 14.3 Å². The Labute approximate surface area is 106 Å². The standard InChI is InChI=1S/C15H17FO2/c16-13-5-3-11(4-6-13)15(9-14(17)18)8-10-1-2-12(15)7-10/h3-6,10,12H,1-2,7-9H2,(H,17,18). The maximum absolute atomic E-state index is 13.0. The molecule has 3 atom stereocenters. The molecule has 2 bridgehead atoms. The van der Waals surface area contributed by atoms with Crippen molar-refractivity contribution < 1.29 is 14.3 Å². The van der Waals surface area contributed by atoms with E-state index in [1.165, 1.54) is 18.6 Å². The van der Waals surface area contributed by atoms with Crippen LogP contribution in [-0.2, 0) is 10.2 Å². The van der Waals surface area contributed by atoms with Gasteiger partial charge in [-0.25, -0.2) is 4.39 Å². The molecule has 3 rings (SSSR count). The van der Waals surface area contributed by atoms with Gasteiger partial charge in [-0.3, -0.25) is 4.79 Å². The number of carbonyl (C=O) groups is 1. The summed E-state index contributed by atoms with van der Waals surface area (Å²) in [4.78, 5) is 11.2. The summed E-state index contributed by atoms with van der Waals surface area (Å²) in [6.45, 7) is 0. The molecule has 0 spiro atoms. The highest BCUT2D eigenvalue weighted by Gasteiger charge is 2.52. The Hall–Kier alpha value is -1.38. The molecule has 0 aromatic heterocycles. The van der Waals surface area contributed by atoms with E-state index in [2.05, 4.69) is 0 Å². The summed E-state index contributed by atoms with van der Waals surface area (Å²) in [5, 5.41) is 9.21. The molecule has 1 aromatic carbocycles. The Kier molecular flexibility index (Phi) is 2.65. The van der Waals surface area contributed by atoms with Gasteiger partial charge in [0.25, 0.3) is 0 Å². The van der Waals surface area contributed by atoms with Gasteiger partial charge >= 0.3 is 5.97 Å². The molecular weight excluding hydrogens is 231 g/mol. The van der Waals surface area contributed by atoms with Gasteiger partial charge in [0.15, 0.2) is 0 Å². The minimum Gasteiger partial charge on any atom is -0.481 e. The van der Waals surface area contributed by atoms with Crippen molar-refractivity contribution in [3.63, 3.8) is 0 Å². The van der Waals surface area contributed by atoms with Gasteiger partial charge in [-0.15, -0.1) is 0 Å². The number of hydrogen-bond acceptors (Lipinski definition) is 1. The number of aliphatic carboxylic acids is 1. The largest absolute Gasteiger partial charge is 0.481 e. The first-order valence-electron chi connectivity index (χ1n) is 6.58. The van der Waals surface area contributed by atoms with E-state index in [-0.39, 0.29) is 17.7 Å². The third-order valence-electron chi connectivity index (χ3n) is 4.86. The summed E-state index contributed by atoms with van der Waals surface area (Å²) in [5.74, 6) is 0.128. The molecule has 0 amide bonds. The lowest BCUT2D eigenvalue weighted by Gasteiger charge is -2.37. The van der Waals surface area contributed by atoms with E-state index < -0.39 is 5.97 Å². The lowest BCUT2D eigenvalue weighted by atomic mass is 9.66. The van der Waals surface area contributed by atoms with Crippen LogP contribution < -0.4 is 0 Å². The first kappa shape index (κ1) is 11.7. The number of carboxylic acid groups (broad SMARTS) is 1. The molecule has 96 valence electrons. The molecule has 2 fully saturated rings. The quantitative estimate of drug-likeness (QED) is 0.890. The van der Waals surface area contributed by atoms with Gasteiger partial charge in [0.2, 0.25) is 0 Å². The zero-order valence-electron chi connectivity index (χ0n) is 10.2. The second-order valence-electron chi connectivity index (χ2n) is 5.81. The maximum Gasteiger partial charge on any atom is 0.304 e.